The van der Waals surface area contributed by atoms with Crippen LogP contribution >= 0.6 is 0 Å². The zero-order valence-corrected chi connectivity index (χ0v) is 15.0. The molecule has 24 heavy (non-hydrogen) atoms. The van der Waals surface area contributed by atoms with Gasteiger partial charge in [-0.15, -0.1) is 0 Å². The highest BCUT2D eigenvalue weighted by atomic mass is 16.5. The van der Waals surface area contributed by atoms with E-state index in [0.717, 1.165) is 6.42 Å². The van der Waals surface area contributed by atoms with E-state index >= 15 is 0 Å². The van der Waals surface area contributed by atoms with E-state index in [9.17, 15) is 9.59 Å². The summed E-state index contributed by atoms with van der Waals surface area (Å²) < 4.78 is 20.6. The van der Waals surface area contributed by atoms with Crippen molar-refractivity contribution < 1.29 is 28.5 Å². The molecule has 0 fully saturated rings. The van der Waals surface area contributed by atoms with Crippen LogP contribution in [0.2, 0.25) is 0 Å². The first-order valence-corrected chi connectivity index (χ1v) is 7.56. The number of carbonyl (C=O) groups excluding carboxylic acids is 2. The molecule has 0 heterocycles. The van der Waals surface area contributed by atoms with E-state index in [1.165, 1.54) is 33.5 Å². The number of nitrogens with one attached hydrogen (secondary N) is 1. The van der Waals surface area contributed by atoms with Gasteiger partial charge >= 0.3 is 5.97 Å². The molecule has 0 radical (unpaired) electrons. The first-order chi connectivity index (χ1) is 11.3. The van der Waals surface area contributed by atoms with Crippen molar-refractivity contribution in [3.05, 3.63) is 17.7 Å². The topological polar surface area (TPSA) is 83.1 Å². The van der Waals surface area contributed by atoms with Crippen LogP contribution in [0, 0.1) is 0 Å². The quantitative estimate of drug-likeness (QED) is 0.731. The molecule has 0 unspecified atom stereocenters. The molecule has 0 saturated carbocycles. The first kappa shape index (κ1) is 19.6. The lowest BCUT2D eigenvalue weighted by Gasteiger charge is -2.24. The van der Waals surface area contributed by atoms with E-state index in [2.05, 4.69) is 5.32 Å². The molecule has 0 aromatic heterocycles. The van der Waals surface area contributed by atoms with Crippen molar-refractivity contribution in [3.63, 3.8) is 0 Å². The maximum atomic E-state index is 12.2. The van der Waals surface area contributed by atoms with Crippen molar-refractivity contribution >= 4 is 11.9 Å². The molecule has 1 aromatic carbocycles. The SMILES string of the molecule is CCC(C)(C)NC(=O)COC(=O)c1cc(OC)c(OC)c(OC)c1. The van der Waals surface area contributed by atoms with Crippen LogP contribution in [0.15, 0.2) is 12.1 Å². The summed E-state index contributed by atoms with van der Waals surface area (Å²) in [6.07, 6.45) is 0.763. The van der Waals surface area contributed by atoms with Gasteiger partial charge in [0.1, 0.15) is 0 Å². The predicted molar refractivity (Wildman–Crippen MR) is 88.9 cm³/mol. The van der Waals surface area contributed by atoms with E-state index < -0.39 is 5.97 Å². The predicted octanol–water partition coefficient (Wildman–Crippen LogP) is 2.17. The van der Waals surface area contributed by atoms with Crippen molar-refractivity contribution in [1.82, 2.24) is 5.32 Å². The fourth-order valence-corrected chi connectivity index (χ4v) is 1.92. The molecular weight excluding hydrogens is 314 g/mol. The summed E-state index contributed by atoms with van der Waals surface area (Å²) in [7, 11) is 4.37. The summed E-state index contributed by atoms with van der Waals surface area (Å²) in [4.78, 5) is 24.0. The molecule has 0 aliphatic carbocycles. The lowest BCUT2D eigenvalue weighted by Crippen LogP contribution is -2.44. The van der Waals surface area contributed by atoms with Crippen LogP contribution in [0.1, 0.15) is 37.6 Å². The van der Waals surface area contributed by atoms with Gasteiger partial charge in [-0.2, -0.15) is 0 Å². The molecule has 1 aromatic rings. The molecular formula is C17H25NO6. The number of hydrogen-bond acceptors (Lipinski definition) is 6. The van der Waals surface area contributed by atoms with Crippen molar-refractivity contribution in [3.8, 4) is 17.2 Å². The lowest BCUT2D eigenvalue weighted by molar-refractivity contribution is -0.125. The van der Waals surface area contributed by atoms with Gasteiger partial charge in [0.15, 0.2) is 18.1 Å². The third-order valence-electron chi connectivity index (χ3n) is 3.60. The van der Waals surface area contributed by atoms with Gasteiger partial charge in [0.25, 0.3) is 5.91 Å². The fraction of sp³-hybridized carbons (Fsp3) is 0.529. The third-order valence-corrected chi connectivity index (χ3v) is 3.60. The van der Waals surface area contributed by atoms with Gasteiger partial charge in [0.2, 0.25) is 5.75 Å². The number of methoxy groups -OCH3 is 3. The average Bonchev–Trinajstić information content (AvgIpc) is 2.57. The number of carbonyl (C=O) groups is 2. The Bertz CT molecular complexity index is 572. The van der Waals surface area contributed by atoms with E-state index in [1.807, 2.05) is 20.8 Å². The minimum absolute atomic E-state index is 0.201. The molecule has 0 atom stereocenters. The highest BCUT2D eigenvalue weighted by molar-refractivity contribution is 5.92. The van der Waals surface area contributed by atoms with Gasteiger partial charge in [0, 0.05) is 5.54 Å². The summed E-state index contributed by atoms with van der Waals surface area (Å²) in [5, 5.41) is 2.79. The molecule has 0 aliphatic heterocycles. The Hall–Kier alpha value is -2.44. The van der Waals surface area contributed by atoms with Crippen LogP contribution in [0.25, 0.3) is 0 Å². The molecule has 1 rings (SSSR count). The molecule has 1 N–H and O–H groups in total. The summed E-state index contributed by atoms with van der Waals surface area (Å²) in [6, 6.07) is 2.94. The molecule has 0 bridgehead atoms. The Balaban J connectivity index is 2.83. The Morgan fingerprint density at radius 2 is 1.58 bits per heavy atom. The van der Waals surface area contributed by atoms with Crippen molar-refractivity contribution in [1.29, 1.82) is 0 Å². The minimum atomic E-state index is -0.654. The normalized spacial score (nSPS) is 10.8. The van der Waals surface area contributed by atoms with Crippen LogP contribution < -0.4 is 19.5 Å². The van der Waals surface area contributed by atoms with Crippen LogP contribution in [-0.2, 0) is 9.53 Å². The largest absolute Gasteiger partial charge is 0.493 e. The van der Waals surface area contributed by atoms with Gasteiger partial charge < -0.3 is 24.3 Å². The third kappa shape index (κ3) is 5.04. The van der Waals surface area contributed by atoms with E-state index in [4.69, 9.17) is 18.9 Å². The Labute approximate surface area is 142 Å². The smallest absolute Gasteiger partial charge is 0.338 e. The maximum Gasteiger partial charge on any atom is 0.338 e. The van der Waals surface area contributed by atoms with E-state index in [1.54, 1.807) is 0 Å². The Morgan fingerprint density at radius 1 is 1.04 bits per heavy atom. The van der Waals surface area contributed by atoms with Crippen molar-refractivity contribution in [2.24, 2.45) is 0 Å². The van der Waals surface area contributed by atoms with Crippen LogP contribution in [0.3, 0.4) is 0 Å². The molecule has 7 heteroatoms. The molecule has 7 nitrogen and oxygen atoms in total. The monoisotopic (exact) mass is 339 g/mol. The highest BCUT2D eigenvalue weighted by Gasteiger charge is 2.21. The molecule has 0 spiro atoms. The van der Waals surface area contributed by atoms with Crippen LogP contribution in [0.4, 0.5) is 0 Å². The first-order valence-electron chi connectivity index (χ1n) is 7.56. The summed E-state index contributed by atoms with van der Waals surface area (Å²) in [5.74, 6) is 0.0288. The zero-order chi connectivity index (χ0) is 18.3. The van der Waals surface area contributed by atoms with Gasteiger partial charge in [0.05, 0.1) is 26.9 Å². The molecule has 0 saturated heterocycles. The summed E-state index contributed by atoms with van der Waals surface area (Å²) >= 11 is 0. The minimum Gasteiger partial charge on any atom is -0.493 e. The standard InChI is InChI=1S/C17H25NO6/c1-7-17(2,3)18-14(19)10-24-16(20)11-8-12(21-4)15(23-6)13(9-11)22-5/h8-9H,7,10H2,1-6H3,(H,18,19). The number of esters is 1. The number of hydrogen-bond donors (Lipinski definition) is 1. The van der Waals surface area contributed by atoms with Crippen molar-refractivity contribution in [2.45, 2.75) is 32.7 Å². The summed E-state index contributed by atoms with van der Waals surface area (Å²) in [5.41, 5.74) is -0.150. The van der Waals surface area contributed by atoms with Gasteiger partial charge in [-0.05, 0) is 32.4 Å². The highest BCUT2D eigenvalue weighted by Crippen LogP contribution is 2.38. The number of amides is 1. The second-order valence-corrected chi connectivity index (χ2v) is 5.78. The summed E-state index contributed by atoms with van der Waals surface area (Å²) in [6.45, 7) is 5.39. The van der Waals surface area contributed by atoms with Gasteiger partial charge in [-0.25, -0.2) is 4.79 Å². The zero-order valence-electron chi connectivity index (χ0n) is 15.0. The average molecular weight is 339 g/mol. The second-order valence-electron chi connectivity index (χ2n) is 5.78. The molecule has 134 valence electrons. The second kappa shape index (κ2) is 8.42. The number of ether oxygens (including phenoxy) is 4. The Morgan fingerprint density at radius 3 is 2.00 bits per heavy atom. The number of benzene rings is 1. The Kier molecular flexibility index (Phi) is 6.88. The van der Waals surface area contributed by atoms with Crippen LogP contribution in [0.5, 0.6) is 17.2 Å². The van der Waals surface area contributed by atoms with Gasteiger partial charge in [-0.3, -0.25) is 4.79 Å². The lowest BCUT2D eigenvalue weighted by atomic mass is 10.0. The number of rotatable bonds is 8. The van der Waals surface area contributed by atoms with Crippen LogP contribution in [-0.4, -0.2) is 45.4 Å². The van der Waals surface area contributed by atoms with E-state index in [0.29, 0.717) is 17.2 Å². The maximum absolute atomic E-state index is 12.2. The fourth-order valence-electron chi connectivity index (χ4n) is 1.92. The van der Waals surface area contributed by atoms with E-state index in [-0.39, 0.29) is 23.6 Å². The molecule has 0 aliphatic rings. The molecule has 1 amide bonds. The van der Waals surface area contributed by atoms with Crippen molar-refractivity contribution in [2.75, 3.05) is 27.9 Å². The van der Waals surface area contributed by atoms with Gasteiger partial charge in [-0.1, -0.05) is 6.92 Å².